The maximum atomic E-state index is 11.3. The van der Waals surface area contributed by atoms with Crippen LogP contribution in [0.4, 0.5) is 0 Å². The van der Waals surface area contributed by atoms with Crippen LogP contribution in [0.3, 0.4) is 0 Å². The van der Waals surface area contributed by atoms with Gasteiger partial charge >= 0.3 is 5.97 Å². The van der Waals surface area contributed by atoms with E-state index >= 15 is 0 Å². The highest BCUT2D eigenvalue weighted by Gasteiger charge is 2.46. The molecule has 2 nitrogen and oxygen atoms in total. The van der Waals surface area contributed by atoms with Crippen LogP contribution >= 0.6 is 95.6 Å². The minimum absolute atomic E-state index is 0.322. The molecule has 0 amide bonds. The van der Waals surface area contributed by atoms with E-state index in [9.17, 15) is 4.79 Å². The first-order valence-corrected chi connectivity index (χ1v) is 8.34. The molecule has 1 unspecified atom stereocenters. The standard InChI is InChI=1S/C7H6Br6O2/c1-3(2)4(14)15-7(12,13)5(8)6(9,10)11/h5H,1H2,2H3. The largest absolute Gasteiger partial charge is 0.432 e. The van der Waals surface area contributed by atoms with E-state index in [1.165, 1.54) is 0 Å². The number of ether oxygens (including phenoxy) is 1. The van der Waals surface area contributed by atoms with Crippen LogP contribution in [0, 0.1) is 0 Å². The van der Waals surface area contributed by atoms with E-state index in [1.54, 1.807) is 6.92 Å². The average molecular weight is 602 g/mol. The fourth-order valence-electron chi connectivity index (χ4n) is 0.453. The van der Waals surface area contributed by atoms with Crippen molar-refractivity contribution in [1.82, 2.24) is 0 Å². The maximum absolute atomic E-state index is 11.3. The zero-order chi connectivity index (χ0) is 12.4. The lowest BCUT2D eigenvalue weighted by Crippen LogP contribution is -2.38. The van der Waals surface area contributed by atoms with Gasteiger partial charge in [-0.3, -0.25) is 0 Å². The van der Waals surface area contributed by atoms with Gasteiger partial charge in [0.05, 0.1) is 0 Å². The summed E-state index contributed by atoms with van der Waals surface area (Å²) in [5.41, 5.74) is 0.322. The summed E-state index contributed by atoms with van der Waals surface area (Å²) in [4.78, 5) is 11.0. The van der Waals surface area contributed by atoms with E-state index in [4.69, 9.17) is 4.74 Å². The van der Waals surface area contributed by atoms with E-state index in [2.05, 4.69) is 102 Å². The first-order chi connectivity index (χ1) is 6.48. The van der Waals surface area contributed by atoms with E-state index in [1.807, 2.05) is 0 Å². The molecule has 0 bridgehead atoms. The molecule has 15 heavy (non-hydrogen) atoms. The predicted octanol–water partition coefficient (Wildman–Crippen LogP) is 5.15. The Morgan fingerprint density at radius 2 is 1.67 bits per heavy atom. The Hall–Kier alpha value is 2.09. The summed E-state index contributed by atoms with van der Waals surface area (Å²) < 4.78 is 3.45. The van der Waals surface area contributed by atoms with Crippen LogP contribution in [0.15, 0.2) is 12.2 Å². The second kappa shape index (κ2) is 6.31. The normalized spacial score (nSPS) is 14.6. The highest BCUT2D eigenvalue weighted by molar-refractivity contribution is 9.40. The molecule has 8 heteroatoms. The summed E-state index contributed by atoms with van der Waals surface area (Å²) in [6, 6.07) is 0. The molecule has 0 aliphatic heterocycles. The summed E-state index contributed by atoms with van der Waals surface area (Å²) in [5.74, 6) is -0.495. The first kappa shape index (κ1) is 17.1. The molecule has 0 rings (SSSR count). The van der Waals surface area contributed by atoms with E-state index < -0.39 is 11.5 Å². The van der Waals surface area contributed by atoms with Gasteiger partial charge < -0.3 is 4.74 Å². The van der Waals surface area contributed by atoms with Gasteiger partial charge in [0, 0.05) is 5.57 Å². The molecule has 0 N–H and O–H groups in total. The molecule has 0 aromatic heterocycles. The van der Waals surface area contributed by atoms with Crippen LogP contribution in [-0.4, -0.2) is 16.4 Å². The first-order valence-electron chi connectivity index (χ1n) is 3.46. The highest BCUT2D eigenvalue weighted by Crippen LogP contribution is 2.51. The Kier molecular flexibility index (Phi) is 7.19. The molecular weight excluding hydrogens is 595 g/mol. The zero-order valence-corrected chi connectivity index (χ0v) is 16.9. The van der Waals surface area contributed by atoms with Crippen molar-refractivity contribution in [2.45, 2.75) is 17.3 Å². The van der Waals surface area contributed by atoms with Crippen molar-refractivity contribution in [2.75, 3.05) is 0 Å². The third-order valence-corrected chi connectivity index (χ3v) is 8.18. The zero-order valence-electron chi connectivity index (χ0n) is 7.37. The Morgan fingerprint density at radius 3 is 1.93 bits per heavy atom. The molecule has 0 radical (unpaired) electrons. The lowest BCUT2D eigenvalue weighted by atomic mass is 10.4. The van der Waals surface area contributed by atoms with Gasteiger partial charge in [-0.2, -0.15) is 0 Å². The molecular formula is C7H6Br6O2. The van der Waals surface area contributed by atoms with E-state index in [0.717, 1.165) is 0 Å². The van der Waals surface area contributed by atoms with Gasteiger partial charge in [-0.15, -0.1) is 0 Å². The number of carbonyl (C=O) groups excluding carboxylic acids is 1. The van der Waals surface area contributed by atoms with E-state index in [0.29, 0.717) is 5.57 Å². The lowest BCUT2D eigenvalue weighted by molar-refractivity contribution is -0.141. The topological polar surface area (TPSA) is 26.3 Å². The Morgan fingerprint density at radius 1 is 1.27 bits per heavy atom. The molecule has 0 saturated carbocycles. The van der Waals surface area contributed by atoms with E-state index in [-0.39, 0.29) is 4.83 Å². The fraction of sp³-hybridized carbons (Fsp3) is 0.571. The number of carbonyl (C=O) groups is 1. The summed E-state index contributed by atoms with van der Waals surface area (Å²) in [6.07, 6.45) is 0. The van der Waals surface area contributed by atoms with Gasteiger partial charge in [0.25, 0.3) is 0 Å². The minimum atomic E-state index is -1.06. The molecule has 0 fully saturated rings. The summed E-state index contributed by atoms with van der Waals surface area (Å²) in [7, 11) is 0. The summed E-state index contributed by atoms with van der Waals surface area (Å²) in [5, 5.41) is 0. The molecule has 0 aliphatic carbocycles. The number of esters is 1. The number of halogens is 6. The van der Waals surface area contributed by atoms with Crippen molar-refractivity contribution in [2.24, 2.45) is 0 Å². The average Bonchev–Trinajstić information content (AvgIpc) is 2.00. The number of hydrogen-bond acceptors (Lipinski definition) is 2. The molecule has 0 heterocycles. The third kappa shape index (κ3) is 5.99. The van der Waals surface area contributed by atoms with Crippen molar-refractivity contribution in [1.29, 1.82) is 0 Å². The van der Waals surface area contributed by atoms with Gasteiger partial charge in [-0.1, -0.05) is 70.3 Å². The number of hydrogen-bond donors (Lipinski definition) is 0. The van der Waals surface area contributed by atoms with Crippen molar-refractivity contribution < 1.29 is 9.53 Å². The van der Waals surface area contributed by atoms with Gasteiger partial charge in [0.2, 0.25) is 3.42 Å². The summed E-state index contributed by atoms with van der Waals surface area (Å²) >= 11 is 19.8. The van der Waals surface area contributed by atoms with Crippen molar-refractivity contribution in [3.05, 3.63) is 12.2 Å². The van der Waals surface area contributed by atoms with Crippen LogP contribution in [0.25, 0.3) is 0 Å². The van der Waals surface area contributed by atoms with Gasteiger partial charge in [0.15, 0.2) is 2.14 Å². The fourth-order valence-corrected chi connectivity index (χ4v) is 4.34. The Labute approximate surface area is 139 Å². The molecule has 0 aromatic rings. The maximum Gasteiger partial charge on any atom is 0.335 e. The Bertz CT molecular complexity index is 269. The molecule has 0 spiro atoms. The molecule has 88 valence electrons. The molecule has 0 saturated heterocycles. The molecule has 1 atom stereocenters. The third-order valence-electron chi connectivity index (χ3n) is 1.16. The van der Waals surface area contributed by atoms with Gasteiger partial charge in [-0.05, 0) is 38.8 Å². The predicted molar refractivity (Wildman–Crippen MR) is 83.7 cm³/mol. The second-order valence-electron chi connectivity index (χ2n) is 2.64. The smallest absolute Gasteiger partial charge is 0.335 e. The van der Waals surface area contributed by atoms with Crippen LogP contribution < -0.4 is 0 Å². The second-order valence-corrected chi connectivity index (χ2v) is 13.9. The van der Waals surface area contributed by atoms with Crippen LogP contribution in [0.2, 0.25) is 0 Å². The molecule has 0 aromatic carbocycles. The summed E-state index contributed by atoms with van der Waals surface area (Å²) in [6.45, 7) is 5.07. The van der Waals surface area contributed by atoms with Crippen molar-refractivity contribution in [3.8, 4) is 0 Å². The number of rotatable bonds is 3. The van der Waals surface area contributed by atoms with Gasteiger partial charge in [-0.25, -0.2) is 4.79 Å². The van der Waals surface area contributed by atoms with Crippen molar-refractivity contribution in [3.63, 3.8) is 0 Å². The SMILES string of the molecule is C=C(C)C(=O)OC(Br)(Br)C(Br)C(Br)(Br)Br. The Balaban J connectivity index is 4.69. The van der Waals surface area contributed by atoms with Gasteiger partial charge in [0.1, 0.15) is 4.83 Å². The minimum Gasteiger partial charge on any atom is -0.432 e. The quantitative estimate of drug-likeness (QED) is 0.254. The molecule has 0 aliphatic rings. The van der Waals surface area contributed by atoms with Crippen molar-refractivity contribution >= 4 is 102 Å². The number of alkyl halides is 6. The van der Waals surface area contributed by atoms with Crippen LogP contribution in [0.1, 0.15) is 6.92 Å². The van der Waals surface area contributed by atoms with Crippen LogP contribution in [-0.2, 0) is 9.53 Å². The van der Waals surface area contributed by atoms with Crippen LogP contribution in [0.5, 0.6) is 0 Å². The lowest BCUT2D eigenvalue weighted by Gasteiger charge is -2.31. The highest BCUT2D eigenvalue weighted by atomic mass is 80.0. The monoisotopic (exact) mass is 596 g/mol.